The highest BCUT2D eigenvalue weighted by Crippen LogP contribution is 2.23. The molecule has 1 aromatic heterocycles. The first-order valence-electron chi connectivity index (χ1n) is 7.75. The average Bonchev–Trinajstić information content (AvgIpc) is 2.45. The summed E-state index contributed by atoms with van der Waals surface area (Å²) >= 11 is 0. The van der Waals surface area contributed by atoms with Crippen molar-refractivity contribution >= 4 is 16.7 Å². The van der Waals surface area contributed by atoms with Gasteiger partial charge in [0.2, 0.25) is 0 Å². The Kier molecular flexibility index (Phi) is 3.95. The van der Waals surface area contributed by atoms with E-state index in [4.69, 9.17) is 4.42 Å². The molecule has 0 atom stereocenters. The van der Waals surface area contributed by atoms with Gasteiger partial charge in [0.15, 0.2) is 0 Å². The monoisotopic (exact) mass is 307 g/mol. The zero-order valence-corrected chi connectivity index (χ0v) is 14.0. The van der Waals surface area contributed by atoms with E-state index in [1.807, 2.05) is 32.2 Å². The number of benzene rings is 2. The van der Waals surface area contributed by atoms with Crippen LogP contribution in [-0.2, 0) is 6.54 Å². The smallest absolute Gasteiger partial charge is 0.336 e. The second-order valence-corrected chi connectivity index (χ2v) is 6.29. The van der Waals surface area contributed by atoms with Gasteiger partial charge in [0, 0.05) is 30.7 Å². The molecule has 2 aromatic carbocycles. The number of aryl methyl sites for hydroxylation is 3. The Morgan fingerprint density at radius 1 is 0.913 bits per heavy atom. The van der Waals surface area contributed by atoms with Gasteiger partial charge in [0.25, 0.3) is 0 Å². The van der Waals surface area contributed by atoms with Crippen LogP contribution in [0.2, 0.25) is 0 Å². The number of nitrogens with zero attached hydrogens (tertiary/aromatic N) is 1. The number of anilines is 1. The van der Waals surface area contributed by atoms with E-state index in [-0.39, 0.29) is 5.63 Å². The number of fused-ring (bicyclic) bond motifs is 1. The molecule has 0 saturated carbocycles. The third-order valence-corrected chi connectivity index (χ3v) is 4.04. The van der Waals surface area contributed by atoms with E-state index in [1.54, 1.807) is 6.07 Å². The van der Waals surface area contributed by atoms with Crippen molar-refractivity contribution in [1.29, 1.82) is 0 Å². The quantitative estimate of drug-likeness (QED) is 0.674. The molecule has 3 aromatic rings. The standard InChI is InChI=1S/C20H21NO2/c1-13-5-6-18-16(11-20(22)23-19(18)10-13)12-21(4)17-8-14(2)7-15(3)9-17/h5-11H,12H2,1-4H3. The van der Waals surface area contributed by atoms with Crippen molar-refractivity contribution in [1.82, 2.24) is 0 Å². The van der Waals surface area contributed by atoms with E-state index in [0.29, 0.717) is 12.1 Å². The first-order chi connectivity index (χ1) is 10.9. The van der Waals surface area contributed by atoms with Gasteiger partial charge in [-0.1, -0.05) is 18.2 Å². The van der Waals surface area contributed by atoms with E-state index in [1.165, 1.54) is 11.1 Å². The molecule has 23 heavy (non-hydrogen) atoms. The molecule has 3 rings (SSSR count). The normalized spacial score (nSPS) is 11.0. The number of rotatable bonds is 3. The predicted octanol–water partition coefficient (Wildman–Crippen LogP) is 4.35. The summed E-state index contributed by atoms with van der Waals surface area (Å²) in [6.45, 7) is 6.85. The van der Waals surface area contributed by atoms with Crippen molar-refractivity contribution in [3.8, 4) is 0 Å². The van der Waals surface area contributed by atoms with Gasteiger partial charge in [-0.2, -0.15) is 0 Å². The molecule has 0 N–H and O–H groups in total. The molecule has 1 heterocycles. The van der Waals surface area contributed by atoms with Crippen LogP contribution < -0.4 is 10.5 Å². The highest BCUT2D eigenvalue weighted by molar-refractivity contribution is 5.81. The van der Waals surface area contributed by atoms with E-state index < -0.39 is 0 Å². The molecule has 0 radical (unpaired) electrons. The van der Waals surface area contributed by atoms with Crippen molar-refractivity contribution < 1.29 is 4.42 Å². The van der Waals surface area contributed by atoms with Gasteiger partial charge in [-0.15, -0.1) is 0 Å². The topological polar surface area (TPSA) is 33.5 Å². The van der Waals surface area contributed by atoms with Crippen molar-refractivity contribution in [2.75, 3.05) is 11.9 Å². The molecule has 0 fully saturated rings. The molecule has 0 saturated heterocycles. The van der Waals surface area contributed by atoms with Crippen molar-refractivity contribution in [2.45, 2.75) is 27.3 Å². The molecule has 0 aliphatic carbocycles. The number of hydrogen-bond acceptors (Lipinski definition) is 3. The Hall–Kier alpha value is -2.55. The van der Waals surface area contributed by atoms with Gasteiger partial charge in [-0.25, -0.2) is 4.79 Å². The van der Waals surface area contributed by atoms with E-state index in [2.05, 4.69) is 36.9 Å². The van der Waals surface area contributed by atoms with E-state index in [9.17, 15) is 4.79 Å². The van der Waals surface area contributed by atoms with Crippen LogP contribution in [0.25, 0.3) is 11.0 Å². The summed E-state index contributed by atoms with van der Waals surface area (Å²) < 4.78 is 5.33. The summed E-state index contributed by atoms with van der Waals surface area (Å²) in [4.78, 5) is 14.0. The summed E-state index contributed by atoms with van der Waals surface area (Å²) in [5, 5.41) is 0.992. The highest BCUT2D eigenvalue weighted by Gasteiger charge is 2.10. The summed E-state index contributed by atoms with van der Waals surface area (Å²) in [6.07, 6.45) is 0. The van der Waals surface area contributed by atoms with Crippen molar-refractivity contribution in [2.24, 2.45) is 0 Å². The predicted molar refractivity (Wildman–Crippen MR) is 95.2 cm³/mol. The van der Waals surface area contributed by atoms with Crippen LogP contribution in [0.5, 0.6) is 0 Å². The largest absolute Gasteiger partial charge is 0.423 e. The second-order valence-electron chi connectivity index (χ2n) is 6.29. The molecule has 0 unspecified atom stereocenters. The SMILES string of the molecule is Cc1cc(C)cc(N(C)Cc2cc(=O)oc3cc(C)ccc23)c1. The second kappa shape index (κ2) is 5.92. The van der Waals surface area contributed by atoms with Gasteiger partial charge in [-0.05, 0) is 61.2 Å². The molecule has 118 valence electrons. The first-order valence-corrected chi connectivity index (χ1v) is 7.75. The van der Waals surface area contributed by atoms with Crippen LogP contribution in [-0.4, -0.2) is 7.05 Å². The molecular weight excluding hydrogens is 286 g/mol. The van der Waals surface area contributed by atoms with Gasteiger partial charge >= 0.3 is 5.63 Å². The lowest BCUT2D eigenvalue weighted by Gasteiger charge is -2.21. The Bertz CT molecular complexity index is 904. The maximum absolute atomic E-state index is 11.9. The summed E-state index contributed by atoms with van der Waals surface area (Å²) in [6, 6.07) is 14.1. The third kappa shape index (κ3) is 3.29. The van der Waals surface area contributed by atoms with Crippen molar-refractivity contribution in [3.63, 3.8) is 0 Å². The van der Waals surface area contributed by atoms with Crippen LogP contribution in [0.15, 0.2) is 51.7 Å². The summed E-state index contributed by atoms with van der Waals surface area (Å²) in [5.41, 5.74) is 6.04. The van der Waals surface area contributed by atoms with Gasteiger partial charge < -0.3 is 9.32 Å². The van der Waals surface area contributed by atoms with Crippen LogP contribution >= 0.6 is 0 Å². The minimum atomic E-state index is -0.299. The maximum atomic E-state index is 11.9. The van der Waals surface area contributed by atoms with Crippen LogP contribution in [0.1, 0.15) is 22.3 Å². The Morgan fingerprint density at radius 2 is 1.61 bits per heavy atom. The Morgan fingerprint density at radius 3 is 2.30 bits per heavy atom. The van der Waals surface area contributed by atoms with Crippen LogP contribution in [0.4, 0.5) is 5.69 Å². The van der Waals surface area contributed by atoms with Crippen LogP contribution in [0, 0.1) is 20.8 Å². The van der Waals surface area contributed by atoms with E-state index >= 15 is 0 Å². The Balaban J connectivity index is 2.02. The fourth-order valence-electron chi connectivity index (χ4n) is 2.99. The molecule has 0 amide bonds. The fraction of sp³-hybridized carbons (Fsp3) is 0.250. The molecule has 0 spiro atoms. The molecule has 0 aliphatic heterocycles. The van der Waals surface area contributed by atoms with Gasteiger partial charge in [0.05, 0.1) is 0 Å². The van der Waals surface area contributed by atoms with E-state index in [0.717, 1.165) is 22.2 Å². The third-order valence-electron chi connectivity index (χ3n) is 4.04. The van der Waals surface area contributed by atoms with Gasteiger partial charge in [-0.3, -0.25) is 0 Å². The van der Waals surface area contributed by atoms with Crippen LogP contribution in [0.3, 0.4) is 0 Å². The summed E-state index contributed by atoms with van der Waals surface area (Å²) in [7, 11) is 2.04. The molecule has 0 aliphatic rings. The summed E-state index contributed by atoms with van der Waals surface area (Å²) in [5.74, 6) is 0. The molecule has 3 heteroatoms. The molecule has 3 nitrogen and oxygen atoms in total. The lowest BCUT2D eigenvalue weighted by molar-refractivity contribution is 0.558. The first kappa shape index (κ1) is 15.3. The number of hydrogen-bond donors (Lipinski definition) is 0. The molecular formula is C20H21NO2. The Labute approximate surface area is 136 Å². The molecule has 0 bridgehead atoms. The highest BCUT2D eigenvalue weighted by atomic mass is 16.4. The zero-order valence-electron chi connectivity index (χ0n) is 14.0. The maximum Gasteiger partial charge on any atom is 0.336 e. The van der Waals surface area contributed by atoms with Gasteiger partial charge in [0.1, 0.15) is 5.58 Å². The minimum Gasteiger partial charge on any atom is -0.423 e. The average molecular weight is 307 g/mol. The lowest BCUT2D eigenvalue weighted by atomic mass is 10.1. The minimum absolute atomic E-state index is 0.299. The van der Waals surface area contributed by atoms with Crippen molar-refractivity contribution in [3.05, 3.63) is 75.1 Å². The lowest BCUT2D eigenvalue weighted by Crippen LogP contribution is -2.18. The zero-order chi connectivity index (χ0) is 16.6. The fourth-order valence-corrected chi connectivity index (χ4v) is 2.99.